The Morgan fingerprint density at radius 1 is 0.812 bits per heavy atom. The second-order valence-corrected chi connectivity index (χ2v) is 12.9. The van der Waals surface area contributed by atoms with E-state index in [1.165, 1.54) is 21.2 Å². The highest BCUT2D eigenvalue weighted by atomic mass is 32.2. The summed E-state index contributed by atoms with van der Waals surface area (Å²) < 4.78 is 56.6. The molecular formula is C23H24N2O4S3. The van der Waals surface area contributed by atoms with Crippen LogP contribution in [0.1, 0.15) is 36.0 Å². The molecule has 1 N–H and O–H groups in total. The van der Waals surface area contributed by atoms with Gasteiger partial charge in [0.1, 0.15) is 4.21 Å². The summed E-state index contributed by atoms with van der Waals surface area (Å²) in [6, 6.07) is 13.8. The fourth-order valence-electron chi connectivity index (χ4n) is 4.49. The third-order valence-electron chi connectivity index (χ3n) is 6.08. The number of hydrogen-bond acceptors (Lipinski definition) is 5. The molecule has 0 spiro atoms. The fraction of sp³-hybridized carbons (Fsp3) is 0.304. The largest absolute Gasteiger partial charge is 0.280 e. The Labute approximate surface area is 193 Å². The zero-order valence-electron chi connectivity index (χ0n) is 17.5. The number of rotatable bonds is 5. The number of fused-ring (bicyclic) bond motifs is 2. The first-order valence-electron chi connectivity index (χ1n) is 10.7. The minimum atomic E-state index is -3.73. The third kappa shape index (κ3) is 3.93. The number of nitrogens with zero attached hydrogens (tertiary/aromatic N) is 1. The average molecular weight is 489 g/mol. The van der Waals surface area contributed by atoms with Crippen LogP contribution in [-0.2, 0) is 39.3 Å². The molecule has 0 amide bonds. The third-order valence-corrected chi connectivity index (χ3v) is 10.6. The van der Waals surface area contributed by atoms with Crippen molar-refractivity contribution in [2.24, 2.45) is 0 Å². The molecule has 0 unspecified atom stereocenters. The van der Waals surface area contributed by atoms with E-state index in [9.17, 15) is 16.8 Å². The summed E-state index contributed by atoms with van der Waals surface area (Å²) in [6.45, 7) is 0.410. The zero-order valence-corrected chi connectivity index (χ0v) is 19.9. The number of thiophene rings is 1. The highest BCUT2D eigenvalue weighted by Gasteiger charge is 2.30. The van der Waals surface area contributed by atoms with Crippen LogP contribution in [0.15, 0.2) is 63.0 Å². The summed E-state index contributed by atoms with van der Waals surface area (Å²) in [7, 11) is -7.35. The lowest BCUT2D eigenvalue weighted by molar-refractivity contribution is 0.588. The molecule has 1 aliphatic heterocycles. The number of sulfonamides is 2. The smallest absolute Gasteiger partial charge is 0.273 e. The number of nitrogens with one attached hydrogen (secondary N) is 1. The molecule has 0 radical (unpaired) electrons. The fourth-order valence-corrected chi connectivity index (χ4v) is 8.23. The first kappa shape index (κ1) is 21.5. The highest BCUT2D eigenvalue weighted by molar-refractivity contribution is 7.94. The van der Waals surface area contributed by atoms with Crippen molar-refractivity contribution in [3.63, 3.8) is 0 Å². The molecule has 2 aliphatic rings. The predicted octanol–water partition coefficient (Wildman–Crippen LogP) is 4.57. The molecular weight excluding hydrogens is 464 g/mol. The van der Waals surface area contributed by atoms with Gasteiger partial charge in [0.15, 0.2) is 0 Å². The van der Waals surface area contributed by atoms with Crippen LogP contribution in [0.2, 0.25) is 0 Å². The highest BCUT2D eigenvalue weighted by Crippen LogP contribution is 2.35. The first-order chi connectivity index (χ1) is 15.3. The standard InChI is InChI=1S/C23H24N2O4S3/c26-31(27,21-11-9-17-5-1-2-6-18(17)16-21)24-20-10-12-22-19(15-20)7-3-13-25(22)32(28,29)23-8-4-14-30-23/h4,8-12,14-16,24H,1-3,5-7,13H2. The molecule has 168 valence electrons. The predicted molar refractivity (Wildman–Crippen MR) is 128 cm³/mol. The van der Waals surface area contributed by atoms with Gasteiger partial charge in [0.05, 0.1) is 10.6 Å². The van der Waals surface area contributed by atoms with E-state index >= 15 is 0 Å². The van der Waals surface area contributed by atoms with Crippen LogP contribution in [0.25, 0.3) is 0 Å². The van der Waals surface area contributed by atoms with Crippen LogP contribution in [0.4, 0.5) is 11.4 Å². The Morgan fingerprint density at radius 3 is 2.38 bits per heavy atom. The summed E-state index contributed by atoms with van der Waals surface area (Å²) in [5, 5.41) is 1.75. The van der Waals surface area contributed by atoms with Crippen molar-refractivity contribution in [1.82, 2.24) is 0 Å². The molecule has 6 nitrogen and oxygen atoms in total. The lowest BCUT2D eigenvalue weighted by Crippen LogP contribution is -2.35. The van der Waals surface area contributed by atoms with Crippen molar-refractivity contribution in [3.05, 3.63) is 70.6 Å². The van der Waals surface area contributed by atoms with Gasteiger partial charge in [-0.05, 0) is 97.0 Å². The molecule has 0 bridgehead atoms. The van der Waals surface area contributed by atoms with Crippen LogP contribution >= 0.6 is 11.3 Å². The lowest BCUT2D eigenvalue weighted by Gasteiger charge is -2.30. The summed E-state index contributed by atoms with van der Waals surface area (Å²) in [5.41, 5.74) is 4.22. The van der Waals surface area contributed by atoms with Crippen LogP contribution in [0.5, 0.6) is 0 Å². The minimum Gasteiger partial charge on any atom is -0.280 e. The first-order valence-corrected chi connectivity index (χ1v) is 14.5. The molecule has 0 fully saturated rings. The zero-order chi connectivity index (χ0) is 22.3. The summed E-state index contributed by atoms with van der Waals surface area (Å²) in [6.07, 6.45) is 5.51. The second-order valence-electron chi connectivity index (χ2n) is 8.20. The Hall–Kier alpha value is -2.36. The summed E-state index contributed by atoms with van der Waals surface area (Å²) in [5.74, 6) is 0. The molecule has 32 heavy (non-hydrogen) atoms. The summed E-state index contributed by atoms with van der Waals surface area (Å²) >= 11 is 1.20. The Balaban J connectivity index is 1.43. The van der Waals surface area contributed by atoms with Crippen LogP contribution < -0.4 is 9.03 Å². The van der Waals surface area contributed by atoms with Crippen molar-refractivity contribution < 1.29 is 16.8 Å². The second kappa shape index (κ2) is 8.20. The normalized spacial score (nSPS) is 16.3. The van der Waals surface area contributed by atoms with Crippen LogP contribution in [0.3, 0.4) is 0 Å². The molecule has 3 aromatic rings. The number of anilines is 2. The molecule has 2 aromatic carbocycles. The van der Waals surface area contributed by atoms with Crippen molar-refractivity contribution in [2.45, 2.75) is 47.6 Å². The van der Waals surface area contributed by atoms with Gasteiger partial charge in [-0.15, -0.1) is 11.3 Å². The molecule has 0 atom stereocenters. The minimum absolute atomic E-state index is 0.262. The molecule has 1 aliphatic carbocycles. The van der Waals surface area contributed by atoms with E-state index in [4.69, 9.17) is 0 Å². The van der Waals surface area contributed by atoms with E-state index < -0.39 is 20.0 Å². The maximum absolute atomic E-state index is 13.1. The van der Waals surface area contributed by atoms with Gasteiger partial charge in [-0.25, -0.2) is 16.8 Å². The van der Waals surface area contributed by atoms with Gasteiger partial charge in [-0.1, -0.05) is 12.1 Å². The van der Waals surface area contributed by atoms with Gasteiger partial charge in [-0.2, -0.15) is 0 Å². The number of hydrogen-bond donors (Lipinski definition) is 1. The van der Waals surface area contributed by atoms with Gasteiger partial charge >= 0.3 is 0 Å². The Morgan fingerprint density at radius 2 is 1.59 bits per heavy atom. The average Bonchev–Trinajstić information content (AvgIpc) is 3.34. The maximum atomic E-state index is 13.1. The van der Waals surface area contributed by atoms with Gasteiger partial charge < -0.3 is 0 Å². The molecule has 0 saturated heterocycles. The number of aryl methyl sites for hydroxylation is 3. The van der Waals surface area contributed by atoms with Gasteiger partial charge in [0, 0.05) is 12.2 Å². The SMILES string of the molecule is O=S(=O)(Nc1ccc2c(c1)CCCN2S(=O)(=O)c1cccs1)c1ccc2c(c1)CCCC2. The van der Waals surface area contributed by atoms with Crippen LogP contribution in [-0.4, -0.2) is 23.4 Å². The van der Waals surface area contributed by atoms with Gasteiger partial charge in [0.25, 0.3) is 20.0 Å². The number of benzene rings is 2. The molecule has 0 saturated carbocycles. The summed E-state index contributed by atoms with van der Waals surface area (Å²) in [4.78, 5) is 0.262. The Bertz CT molecular complexity index is 1360. The van der Waals surface area contributed by atoms with Crippen molar-refractivity contribution in [3.8, 4) is 0 Å². The van der Waals surface area contributed by atoms with Crippen molar-refractivity contribution in [2.75, 3.05) is 15.6 Å². The molecule has 5 rings (SSSR count). The van der Waals surface area contributed by atoms with Gasteiger partial charge in [0.2, 0.25) is 0 Å². The molecule has 2 heterocycles. The van der Waals surface area contributed by atoms with E-state index in [-0.39, 0.29) is 4.90 Å². The lowest BCUT2D eigenvalue weighted by atomic mass is 9.92. The molecule has 1 aromatic heterocycles. The van der Waals surface area contributed by atoms with Crippen molar-refractivity contribution in [1.29, 1.82) is 0 Å². The topological polar surface area (TPSA) is 83.6 Å². The van der Waals surface area contributed by atoms with E-state index in [0.29, 0.717) is 35.0 Å². The van der Waals surface area contributed by atoms with E-state index in [1.807, 2.05) is 6.07 Å². The van der Waals surface area contributed by atoms with E-state index in [0.717, 1.165) is 36.8 Å². The quantitative estimate of drug-likeness (QED) is 0.570. The Kier molecular flexibility index (Phi) is 5.51. The molecule has 9 heteroatoms. The maximum Gasteiger partial charge on any atom is 0.273 e. The van der Waals surface area contributed by atoms with Crippen LogP contribution in [0, 0.1) is 0 Å². The van der Waals surface area contributed by atoms with Gasteiger partial charge in [-0.3, -0.25) is 9.03 Å². The van der Waals surface area contributed by atoms with E-state index in [2.05, 4.69) is 4.72 Å². The van der Waals surface area contributed by atoms with E-state index in [1.54, 1.807) is 47.8 Å². The van der Waals surface area contributed by atoms with Crippen molar-refractivity contribution >= 4 is 42.8 Å². The monoisotopic (exact) mass is 488 g/mol.